The van der Waals surface area contributed by atoms with E-state index in [-0.39, 0.29) is 18.5 Å². The molecule has 0 bridgehead atoms. The molecular weight excluding hydrogens is 258 g/mol. The predicted octanol–water partition coefficient (Wildman–Crippen LogP) is 1.27. The molecule has 116 valence electrons. The number of hydrogen-bond donors (Lipinski definition) is 3. The predicted molar refractivity (Wildman–Crippen MR) is 77.7 cm³/mol. The maximum Gasteiger partial charge on any atom is 0.315 e. The summed E-state index contributed by atoms with van der Waals surface area (Å²) in [5, 5.41) is 14.4. The lowest BCUT2D eigenvalue weighted by molar-refractivity contribution is -0.137. The number of urea groups is 1. The Labute approximate surface area is 120 Å². The molecule has 1 rings (SSSR count). The van der Waals surface area contributed by atoms with Crippen molar-refractivity contribution < 1.29 is 14.7 Å². The van der Waals surface area contributed by atoms with Gasteiger partial charge >= 0.3 is 12.0 Å². The number of nitrogens with one attached hydrogen (secondary N) is 2. The number of amides is 2. The summed E-state index contributed by atoms with van der Waals surface area (Å²) in [6.07, 6.45) is 3.13. The van der Waals surface area contributed by atoms with Gasteiger partial charge in [-0.25, -0.2) is 4.79 Å². The van der Waals surface area contributed by atoms with Crippen molar-refractivity contribution >= 4 is 12.0 Å². The van der Waals surface area contributed by atoms with E-state index in [1.165, 1.54) is 0 Å². The molecule has 2 amide bonds. The average Bonchev–Trinajstić information content (AvgIpc) is 3.20. The molecule has 0 radical (unpaired) electrons. The molecule has 1 aliphatic carbocycles. The van der Waals surface area contributed by atoms with Crippen molar-refractivity contribution in [2.45, 2.75) is 45.6 Å². The number of aliphatic carboxylic acids is 1. The van der Waals surface area contributed by atoms with Crippen LogP contribution in [-0.4, -0.2) is 54.2 Å². The Morgan fingerprint density at radius 2 is 2.00 bits per heavy atom. The number of carboxylic acids is 1. The van der Waals surface area contributed by atoms with Crippen LogP contribution in [0.3, 0.4) is 0 Å². The summed E-state index contributed by atoms with van der Waals surface area (Å²) in [6.45, 7) is 7.65. The number of rotatable bonds is 10. The first kappa shape index (κ1) is 16.8. The minimum Gasteiger partial charge on any atom is -0.481 e. The number of nitrogens with zero attached hydrogens (tertiary/aromatic N) is 1. The number of carbonyl (C=O) groups excluding carboxylic acids is 1. The molecule has 3 N–H and O–H groups in total. The molecule has 1 aliphatic rings. The average molecular weight is 285 g/mol. The van der Waals surface area contributed by atoms with Gasteiger partial charge < -0.3 is 20.6 Å². The fourth-order valence-electron chi connectivity index (χ4n) is 2.31. The zero-order chi connectivity index (χ0) is 15.0. The van der Waals surface area contributed by atoms with Crippen molar-refractivity contribution in [3.63, 3.8) is 0 Å². The Hall–Kier alpha value is -1.30. The molecule has 0 spiro atoms. The highest BCUT2D eigenvalue weighted by atomic mass is 16.4. The molecule has 0 aromatic carbocycles. The summed E-state index contributed by atoms with van der Waals surface area (Å²) < 4.78 is 0. The van der Waals surface area contributed by atoms with Gasteiger partial charge in [0.05, 0.1) is 6.42 Å². The third kappa shape index (κ3) is 6.75. The summed E-state index contributed by atoms with van der Waals surface area (Å²) in [4.78, 5) is 24.8. The lowest BCUT2D eigenvalue weighted by Crippen LogP contribution is -2.46. The summed E-state index contributed by atoms with van der Waals surface area (Å²) in [7, 11) is 0. The minimum absolute atomic E-state index is 0.00893. The van der Waals surface area contributed by atoms with Gasteiger partial charge in [0.2, 0.25) is 0 Å². The normalized spacial score (nSPS) is 15.9. The van der Waals surface area contributed by atoms with Gasteiger partial charge in [-0.3, -0.25) is 4.79 Å². The van der Waals surface area contributed by atoms with Gasteiger partial charge in [0.1, 0.15) is 0 Å². The summed E-state index contributed by atoms with van der Waals surface area (Å²) in [5.74, 6) is -0.522. The Bertz CT molecular complexity index is 319. The minimum atomic E-state index is -0.859. The van der Waals surface area contributed by atoms with Crippen molar-refractivity contribution in [1.29, 1.82) is 0 Å². The van der Waals surface area contributed by atoms with Crippen LogP contribution in [0.25, 0.3) is 0 Å². The third-order valence-electron chi connectivity index (χ3n) is 3.60. The monoisotopic (exact) mass is 285 g/mol. The van der Waals surface area contributed by atoms with Crippen LogP contribution < -0.4 is 10.6 Å². The maximum atomic E-state index is 11.8. The van der Waals surface area contributed by atoms with Crippen molar-refractivity contribution in [2.24, 2.45) is 5.92 Å². The molecule has 6 heteroatoms. The zero-order valence-electron chi connectivity index (χ0n) is 12.5. The van der Waals surface area contributed by atoms with Gasteiger partial charge in [-0.15, -0.1) is 0 Å². The largest absolute Gasteiger partial charge is 0.481 e. The van der Waals surface area contributed by atoms with Gasteiger partial charge in [0.15, 0.2) is 0 Å². The fraction of sp³-hybridized carbons (Fsp3) is 0.857. The van der Waals surface area contributed by atoms with Gasteiger partial charge in [-0.2, -0.15) is 0 Å². The summed E-state index contributed by atoms with van der Waals surface area (Å²) in [5.41, 5.74) is 0. The second-order valence-corrected chi connectivity index (χ2v) is 5.38. The Kier molecular flexibility index (Phi) is 7.36. The van der Waals surface area contributed by atoms with Crippen LogP contribution in [0.4, 0.5) is 4.79 Å². The van der Waals surface area contributed by atoms with Crippen LogP contribution in [0.15, 0.2) is 0 Å². The Morgan fingerprint density at radius 1 is 1.30 bits per heavy atom. The maximum absolute atomic E-state index is 11.8. The number of carboxylic acid groups (broad SMARTS) is 1. The molecule has 0 aromatic rings. The molecule has 0 saturated heterocycles. The van der Waals surface area contributed by atoms with E-state index in [9.17, 15) is 9.59 Å². The smallest absolute Gasteiger partial charge is 0.315 e. The van der Waals surface area contributed by atoms with Gasteiger partial charge in [-0.1, -0.05) is 13.8 Å². The summed E-state index contributed by atoms with van der Waals surface area (Å²) >= 11 is 0. The lowest BCUT2D eigenvalue weighted by Gasteiger charge is -2.21. The van der Waals surface area contributed by atoms with Crippen molar-refractivity contribution in [1.82, 2.24) is 15.5 Å². The van der Waals surface area contributed by atoms with E-state index in [1.807, 2.05) is 0 Å². The summed E-state index contributed by atoms with van der Waals surface area (Å²) in [6, 6.07) is -0.485. The standard InChI is InChI=1S/C14H27N3O3/c1-3-8-17(4-2)9-7-15-14(20)16-12(10-13(18)19)11-5-6-11/h11-12H,3-10H2,1-2H3,(H,18,19)(H2,15,16,20). The molecule has 1 fully saturated rings. The highest BCUT2D eigenvalue weighted by Gasteiger charge is 2.33. The van der Waals surface area contributed by atoms with E-state index >= 15 is 0 Å². The second-order valence-electron chi connectivity index (χ2n) is 5.38. The van der Waals surface area contributed by atoms with Gasteiger partial charge in [0.25, 0.3) is 0 Å². The number of hydrogen-bond acceptors (Lipinski definition) is 3. The van der Waals surface area contributed by atoms with Crippen LogP contribution in [0.5, 0.6) is 0 Å². The number of carbonyl (C=O) groups is 2. The first-order chi connectivity index (χ1) is 9.56. The van der Waals surface area contributed by atoms with Crippen molar-refractivity contribution in [2.75, 3.05) is 26.2 Å². The fourth-order valence-corrected chi connectivity index (χ4v) is 2.31. The molecule has 6 nitrogen and oxygen atoms in total. The second kappa shape index (κ2) is 8.79. The highest BCUT2D eigenvalue weighted by Crippen LogP contribution is 2.33. The first-order valence-electron chi connectivity index (χ1n) is 7.55. The quantitative estimate of drug-likeness (QED) is 0.564. The van der Waals surface area contributed by atoms with E-state index in [1.54, 1.807) is 0 Å². The topological polar surface area (TPSA) is 81.7 Å². The molecule has 0 heterocycles. The lowest BCUT2D eigenvalue weighted by atomic mass is 10.1. The van der Waals surface area contributed by atoms with E-state index in [2.05, 4.69) is 29.4 Å². The third-order valence-corrected chi connectivity index (χ3v) is 3.60. The van der Waals surface area contributed by atoms with Gasteiger partial charge in [0, 0.05) is 19.1 Å². The molecule has 0 aliphatic heterocycles. The van der Waals surface area contributed by atoms with Crippen LogP contribution >= 0.6 is 0 Å². The van der Waals surface area contributed by atoms with Crippen molar-refractivity contribution in [3.8, 4) is 0 Å². The Balaban J connectivity index is 2.22. The SMILES string of the molecule is CCCN(CC)CCNC(=O)NC(CC(=O)O)C1CC1. The van der Waals surface area contributed by atoms with Gasteiger partial charge in [-0.05, 0) is 38.3 Å². The van der Waals surface area contributed by atoms with E-state index in [0.29, 0.717) is 12.5 Å². The molecule has 0 aromatic heterocycles. The van der Waals surface area contributed by atoms with Crippen LogP contribution in [0, 0.1) is 5.92 Å². The first-order valence-corrected chi connectivity index (χ1v) is 7.55. The Morgan fingerprint density at radius 3 is 2.50 bits per heavy atom. The highest BCUT2D eigenvalue weighted by molar-refractivity contribution is 5.75. The van der Waals surface area contributed by atoms with Crippen LogP contribution in [-0.2, 0) is 4.79 Å². The van der Waals surface area contributed by atoms with E-state index < -0.39 is 5.97 Å². The molecule has 1 saturated carbocycles. The van der Waals surface area contributed by atoms with Crippen LogP contribution in [0.1, 0.15) is 39.5 Å². The molecular formula is C14H27N3O3. The van der Waals surface area contributed by atoms with Crippen molar-refractivity contribution in [3.05, 3.63) is 0 Å². The number of likely N-dealkylation sites (N-methyl/N-ethyl adjacent to an activating group) is 1. The zero-order valence-corrected chi connectivity index (χ0v) is 12.5. The van der Waals surface area contributed by atoms with E-state index in [4.69, 9.17) is 5.11 Å². The molecule has 1 unspecified atom stereocenters. The van der Waals surface area contributed by atoms with Crippen LogP contribution in [0.2, 0.25) is 0 Å². The molecule has 1 atom stereocenters. The molecule has 20 heavy (non-hydrogen) atoms. The van der Waals surface area contributed by atoms with E-state index in [0.717, 1.165) is 38.9 Å².